The first-order chi connectivity index (χ1) is 6.94. The fourth-order valence-corrected chi connectivity index (χ4v) is 8.03. The average Bonchev–Trinajstić information content (AvgIpc) is 2.69. The van der Waals surface area contributed by atoms with Crippen molar-refractivity contribution in [3.63, 3.8) is 0 Å². The maximum atomic E-state index is 2.76. The fourth-order valence-electron chi connectivity index (χ4n) is 2.35. The summed E-state index contributed by atoms with van der Waals surface area (Å²) in [7, 11) is -1.20. The van der Waals surface area contributed by atoms with Gasteiger partial charge in [0.15, 0.2) is 0 Å². The second kappa shape index (κ2) is 3.91. The van der Waals surface area contributed by atoms with Gasteiger partial charge < -0.3 is 4.57 Å². The summed E-state index contributed by atoms with van der Waals surface area (Å²) in [6, 6.07) is 4.46. The van der Waals surface area contributed by atoms with Crippen LogP contribution in [0.3, 0.4) is 0 Å². The molecule has 1 atom stereocenters. The molecule has 1 aromatic rings. The average molecular weight is 257 g/mol. The summed E-state index contributed by atoms with van der Waals surface area (Å²) in [5.74, 6) is 1.28. The second-order valence-corrected chi connectivity index (χ2v) is 12.5. The summed E-state index contributed by atoms with van der Waals surface area (Å²) in [5, 5.41) is 2.20. The predicted octanol–water partition coefficient (Wildman–Crippen LogP) is 3.80. The lowest BCUT2D eigenvalue weighted by Gasteiger charge is -2.41. The summed E-state index contributed by atoms with van der Waals surface area (Å²) in [4.78, 5) is 1.77. The number of hydrogen-bond donors (Lipinski definition) is 0. The van der Waals surface area contributed by atoms with Gasteiger partial charge in [0.05, 0.1) is 4.87 Å². The van der Waals surface area contributed by atoms with Crippen molar-refractivity contribution < 1.29 is 0 Å². The van der Waals surface area contributed by atoms with E-state index in [1.165, 1.54) is 17.2 Å². The minimum absolute atomic E-state index is 0.249. The van der Waals surface area contributed by atoms with Gasteiger partial charge in [-0.2, -0.15) is 0 Å². The summed E-state index contributed by atoms with van der Waals surface area (Å²) >= 11 is 4.01. The molecule has 0 radical (unpaired) electrons. The van der Waals surface area contributed by atoms with Crippen molar-refractivity contribution >= 4 is 31.3 Å². The van der Waals surface area contributed by atoms with Gasteiger partial charge in [-0.15, -0.1) is 23.1 Å². The number of hydrogen-bond acceptors (Lipinski definition) is 3. The van der Waals surface area contributed by atoms with E-state index in [0.717, 1.165) is 0 Å². The monoisotopic (exact) mass is 257 g/mol. The van der Waals surface area contributed by atoms with Crippen LogP contribution in [0.5, 0.6) is 0 Å². The third-order valence-electron chi connectivity index (χ3n) is 3.00. The van der Waals surface area contributed by atoms with Gasteiger partial charge >= 0.3 is 0 Å². The van der Waals surface area contributed by atoms with Crippen LogP contribution >= 0.6 is 23.1 Å². The topological polar surface area (TPSA) is 3.24 Å². The molecule has 84 valence electrons. The Morgan fingerprint density at radius 3 is 2.67 bits per heavy atom. The first-order valence-electron chi connectivity index (χ1n) is 5.40. The highest BCUT2D eigenvalue weighted by molar-refractivity contribution is 8.00. The smallest absolute Gasteiger partial charge is 0.121 e. The number of nitrogens with zero attached hydrogens (tertiary/aromatic N) is 1. The van der Waals surface area contributed by atoms with E-state index >= 15 is 0 Å². The van der Waals surface area contributed by atoms with Crippen molar-refractivity contribution in [2.24, 2.45) is 0 Å². The molecule has 1 fully saturated rings. The van der Waals surface area contributed by atoms with Gasteiger partial charge in [0.25, 0.3) is 0 Å². The Balaban J connectivity index is 2.35. The van der Waals surface area contributed by atoms with Crippen LogP contribution in [0, 0.1) is 0 Å². The van der Waals surface area contributed by atoms with Crippen molar-refractivity contribution in [2.45, 2.75) is 31.4 Å². The molecule has 2 rings (SSSR count). The summed E-state index contributed by atoms with van der Waals surface area (Å²) in [6.45, 7) is 11.0. The summed E-state index contributed by atoms with van der Waals surface area (Å²) in [5.41, 5.74) is 0. The molecule has 0 amide bonds. The zero-order chi connectivity index (χ0) is 11.1. The maximum absolute atomic E-state index is 2.76. The lowest BCUT2D eigenvalue weighted by Crippen LogP contribution is -2.52. The molecule has 4 heteroatoms. The van der Waals surface area contributed by atoms with Gasteiger partial charge in [0.2, 0.25) is 0 Å². The zero-order valence-corrected chi connectivity index (χ0v) is 12.5. The third kappa shape index (κ3) is 2.05. The molecule has 1 nitrogen and oxygen atoms in total. The molecule has 0 bridgehead atoms. The fraction of sp³-hybridized carbons (Fsp3) is 0.636. The van der Waals surface area contributed by atoms with Crippen LogP contribution < -0.4 is 0 Å². The molecule has 2 heterocycles. The number of thiophene rings is 1. The molecule has 0 aromatic carbocycles. The van der Waals surface area contributed by atoms with Crippen LogP contribution in [0.4, 0.5) is 0 Å². The van der Waals surface area contributed by atoms with Gasteiger partial charge in [-0.3, -0.25) is 0 Å². The van der Waals surface area contributed by atoms with Crippen LogP contribution in [0.15, 0.2) is 17.5 Å². The van der Waals surface area contributed by atoms with Crippen molar-refractivity contribution in [2.75, 3.05) is 12.3 Å². The van der Waals surface area contributed by atoms with E-state index in [0.29, 0.717) is 0 Å². The van der Waals surface area contributed by atoms with Crippen molar-refractivity contribution in [1.82, 2.24) is 4.57 Å². The van der Waals surface area contributed by atoms with Gasteiger partial charge in [-0.05, 0) is 18.4 Å². The molecule has 1 unspecified atom stereocenters. The van der Waals surface area contributed by atoms with E-state index < -0.39 is 8.24 Å². The van der Waals surface area contributed by atoms with E-state index in [-0.39, 0.29) is 4.87 Å². The maximum Gasteiger partial charge on any atom is 0.121 e. The van der Waals surface area contributed by atoms with Gasteiger partial charge in [0.1, 0.15) is 8.24 Å². The third-order valence-corrected chi connectivity index (χ3v) is 8.05. The summed E-state index contributed by atoms with van der Waals surface area (Å²) in [6.07, 6.45) is 0. The van der Waals surface area contributed by atoms with Crippen LogP contribution in [0.2, 0.25) is 19.6 Å². The molecule has 1 aliphatic heterocycles. The lowest BCUT2D eigenvalue weighted by molar-refractivity contribution is 0.347. The Hall–Kier alpha value is 0.227. The SMILES string of the molecule is CC1(c2cccs2)SCCN1[Si](C)(C)C. The van der Waals surface area contributed by atoms with E-state index in [2.05, 4.69) is 60.4 Å². The number of thioether (sulfide) groups is 1. The van der Waals surface area contributed by atoms with Crippen LogP contribution in [-0.4, -0.2) is 25.1 Å². The quantitative estimate of drug-likeness (QED) is 0.741. The Labute approximate surface area is 102 Å². The first kappa shape index (κ1) is 11.7. The van der Waals surface area contributed by atoms with Gasteiger partial charge in [-0.25, -0.2) is 0 Å². The van der Waals surface area contributed by atoms with E-state index in [1.807, 2.05) is 11.3 Å². The molecular formula is C11H19NS2Si. The van der Waals surface area contributed by atoms with E-state index in [1.54, 1.807) is 0 Å². The Morgan fingerprint density at radius 2 is 2.13 bits per heavy atom. The Morgan fingerprint density at radius 1 is 1.40 bits per heavy atom. The minimum Gasteiger partial charge on any atom is -0.306 e. The van der Waals surface area contributed by atoms with Crippen LogP contribution in [-0.2, 0) is 4.87 Å². The molecular weight excluding hydrogens is 238 g/mol. The van der Waals surface area contributed by atoms with Gasteiger partial charge in [-0.1, -0.05) is 25.7 Å². The molecule has 0 aliphatic carbocycles. The highest BCUT2D eigenvalue weighted by atomic mass is 32.2. The second-order valence-electron chi connectivity index (χ2n) is 5.13. The Kier molecular flexibility index (Phi) is 3.05. The van der Waals surface area contributed by atoms with Crippen molar-refractivity contribution in [3.8, 4) is 0 Å². The normalized spacial score (nSPS) is 28.5. The highest BCUT2D eigenvalue weighted by Crippen LogP contribution is 2.48. The zero-order valence-electron chi connectivity index (χ0n) is 9.91. The molecule has 0 N–H and O–H groups in total. The molecule has 0 saturated carbocycles. The summed E-state index contributed by atoms with van der Waals surface area (Å²) < 4.78 is 2.76. The first-order valence-corrected chi connectivity index (χ1v) is 10.7. The molecule has 0 spiro atoms. The van der Waals surface area contributed by atoms with Gasteiger partial charge in [0, 0.05) is 17.2 Å². The predicted molar refractivity (Wildman–Crippen MR) is 74.2 cm³/mol. The lowest BCUT2D eigenvalue weighted by atomic mass is 10.2. The number of rotatable bonds is 2. The van der Waals surface area contributed by atoms with Crippen molar-refractivity contribution in [1.29, 1.82) is 0 Å². The standard InChI is InChI=1S/C11H19NS2Si/c1-11(10-6-5-8-13-10)12(7-9-14-11)15(2,3)4/h5-6,8H,7,9H2,1-4H3. The molecule has 1 aliphatic rings. The van der Waals surface area contributed by atoms with Crippen LogP contribution in [0.25, 0.3) is 0 Å². The molecule has 1 saturated heterocycles. The minimum atomic E-state index is -1.20. The van der Waals surface area contributed by atoms with E-state index in [4.69, 9.17) is 0 Å². The highest BCUT2D eigenvalue weighted by Gasteiger charge is 2.45. The molecule has 1 aromatic heterocycles. The molecule has 15 heavy (non-hydrogen) atoms. The van der Waals surface area contributed by atoms with Crippen LogP contribution in [0.1, 0.15) is 11.8 Å². The van der Waals surface area contributed by atoms with Crippen molar-refractivity contribution in [3.05, 3.63) is 22.4 Å². The largest absolute Gasteiger partial charge is 0.306 e. The Bertz CT molecular complexity index is 331. The van der Waals surface area contributed by atoms with E-state index in [9.17, 15) is 0 Å².